The molecule has 1 unspecified atom stereocenters. The second-order valence-corrected chi connectivity index (χ2v) is 4.99. The Morgan fingerprint density at radius 2 is 2.22 bits per heavy atom. The molecule has 5 nitrogen and oxygen atoms in total. The van der Waals surface area contributed by atoms with Crippen LogP contribution in [0.3, 0.4) is 0 Å². The van der Waals surface area contributed by atoms with Gasteiger partial charge in [0.2, 0.25) is 18.2 Å². The van der Waals surface area contributed by atoms with Gasteiger partial charge in [-0.3, -0.25) is 4.79 Å². The van der Waals surface area contributed by atoms with E-state index in [-0.39, 0.29) is 12.5 Å². The van der Waals surface area contributed by atoms with Crippen molar-refractivity contribution in [3.8, 4) is 0 Å². The Kier molecular flexibility index (Phi) is 5.47. The van der Waals surface area contributed by atoms with Gasteiger partial charge in [0.25, 0.3) is 0 Å². The summed E-state index contributed by atoms with van der Waals surface area (Å²) in [7, 11) is 0. The molecular weight excluding hydrogens is 232 g/mol. The fourth-order valence-corrected chi connectivity index (χ4v) is 1.91. The van der Waals surface area contributed by atoms with E-state index in [0.29, 0.717) is 18.7 Å². The molecule has 18 heavy (non-hydrogen) atoms. The maximum atomic E-state index is 11.8. The number of nitrogens with one attached hydrogen (secondary N) is 1. The minimum Gasteiger partial charge on any atom is -0.395 e. The highest BCUT2D eigenvalue weighted by atomic mass is 16.3. The first-order chi connectivity index (χ1) is 8.53. The Labute approximate surface area is 108 Å². The zero-order chi connectivity index (χ0) is 13.7. The Hall–Kier alpha value is -1.23. The van der Waals surface area contributed by atoms with E-state index in [1.807, 2.05) is 0 Å². The van der Waals surface area contributed by atoms with Crippen LogP contribution >= 0.6 is 0 Å². The van der Waals surface area contributed by atoms with Crippen molar-refractivity contribution < 1.29 is 19.3 Å². The third kappa shape index (κ3) is 3.91. The number of amides is 1. The summed E-state index contributed by atoms with van der Waals surface area (Å²) in [6, 6.07) is -0.501. The highest BCUT2D eigenvalue weighted by molar-refractivity contribution is 5.90. The summed E-state index contributed by atoms with van der Waals surface area (Å²) >= 11 is 0. The summed E-state index contributed by atoms with van der Waals surface area (Å²) in [6.07, 6.45) is 1.77. The number of carbonyl (C=O) groups excluding carboxylic acids is 2. The summed E-state index contributed by atoms with van der Waals surface area (Å²) < 4.78 is 2.13. The van der Waals surface area contributed by atoms with Gasteiger partial charge in [-0.1, -0.05) is 13.8 Å². The number of nitrogens with zero attached hydrogens (tertiary/aromatic N) is 1. The largest absolute Gasteiger partial charge is 0.395 e. The van der Waals surface area contributed by atoms with Crippen molar-refractivity contribution in [1.29, 1.82) is 0 Å². The molecule has 1 amide bonds. The monoisotopic (exact) mass is 255 g/mol. The van der Waals surface area contributed by atoms with Crippen LogP contribution in [0.4, 0.5) is 0 Å². The van der Waals surface area contributed by atoms with Crippen LogP contribution in [0, 0.1) is 11.8 Å². The van der Waals surface area contributed by atoms with Crippen molar-refractivity contribution in [2.45, 2.75) is 33.2 Å². The first-order valence-electron chi connectivity index (χ1n) is 6.50. The van der Waals surface area contributed by atoms with Crippen LogP contribution in [0.5, 0.6) is 0 Å². The van der Waals surface area contributed by atoms with Crippen LogP contribution in [0.1, 0.15) is 27.2 Å². The van der Waals surface area contributed by atoms with Crippen molar-refractivity contribution in [2.75, 3.05) is 19.7 Å². The molecule has 0 aromatic carbocycles. The van der Waals surface area contributed by atoms with Crippen LogP contribution in [0.15, 0.2) is 0 Å². The van der Waals surface area contributed by atoms with Gasteiger partial charge < -0.3 is 15.2 Å². The molecule has 3 atom stereocenters. The summed E-state index contributed by atoms with van der Waals surface area (Å²) in [5.41, 5.74) is 1.35. The maximum absolute atomic E-state index is 11.8. The Morgan fingerprint density at radius 3 is 2.72 bits per heavy atom. The Bertz CT molecular complexity index is 352. The predicted octanol–water partition coefficient (Wildman–Crippen LogP) is -0.188. The zero-order valence-corrected chi connectivity index (χ0v) is 11.3. The lowest BCUT2D eigenvalue weighted by molar-refractivity contribution is -0.448. The average molecular weight is 255 g/mol. The first-order valence-corrected chi connectivity index (χ1v) is 6.50. The molecule has 1 heterocycles. The number of hydrogen-bond donors (Lipinski definition) is 2. The van der Waals surface area contributed by atoms with E-state index in [1.165, 1.54) is 5.71 Å². The molecule has 0 bridgehead atoms. The summed E-state index contributed by atoms with van der Waals surface area (Å²) in [4.78, 5) is 22.3. The van der Waals surface area contributed by atoms with Gasteiger partial charge >= 0.3 is 0 Å². The van der Waals surface area contributed by atoms with Gasteiger partial charge in [-0.15, -0.1) is 0 Å². The molecule has 0 saturated carbocycles. The smallest absolute Gasteiger partial charge is 0.232 e. The topological polar surface area (TPSA) is 69.4 Å². The van der Waals surface area contributed by atoms with Crippen molar-refractivity contribution in [3.05, 3.63) is 0 Å². The molecule has 0 spiro atoms. The number of aliphatic hydroxyl groups excluding tert-OH is 1. The average Bonchev–Trinajstić information content (AvgIpc) is 3.13. The van der Waals surface area contributed by atoms with Gasteiger partial charge in [0.15, 0.2) is 6.54 Å². The Morgan fingerprint density at radius 1 is 1.56 bits per heavy atom. The van der Waals surface area contributed by atoms with Crippen LogP contribution in [0.25, 0.3) is 0 Å². The molecule has 1 aliphatic rings. The van der Waals surface area contributed by atoms with Gasteiger partial charge in [0.05, 0.1) is 12.6 Å². The SMILES string of the molecule is CCC(C)C1=[N+](C[C@H](CO)C(=O)N[C@@H](C)C=O)C1. The molecule has 2 N–H and O–H groups in total. The van der Waals surface area contributed by atoms with E-state index in [9.17, 15) is 14.7 Å². The second-order valence-electron chi connectivity index (χ2n) is 4.99. The van der Waals surface area contributed by atoms with Crippen LogP contribution in [-0.4, -0.2) is 53.3 Å². The molecule has 1 aliphatic heterocycles. The van der Waals surface area contributed by atoms with E-state index >= 15 is 0 Å². The number of aliphatic hydroxyl groups is 1. The maximum Gasteiger partial charge on any atom is 0.232 e. The van der Waals surface area contributed by atoms with Crippen LogP contribution < -0.4 is 5.32 Å². The van der Waals surface area contributed by atoms with E-state index < -0.39 is 12.0 Å². The van der Waals surface area contributed by atoms with E-state index in [2.05, 4.69) is 23.7 Å². The zero-order valence-electron chi connectivity index (χ0n) is 11.3. The number of rotatable bonds is 8. The molecule has 0 aromatic heterocycles. The normalized spacial score (nSPS) is 19.1. The van der Waals surface area contributed by atoms with Crippen molar-refractivity contribution in [1.82, 2.24) is 5.32 Å². The third-order valence-corrected chi connectivity index (χ3v) is 3.44. The summed E-state index contributed by atoms with van der Waals surface area (Å²) in [6.45, 7) is 7.18. The molecule has 0 aliphatic carbocycles. The van der Waals surface area contributed by atoms with E-state index in [4.69, 9.17) is 0 Å². The summed E-state index contributed by atoms with van der Waals surface area (Å²) in [5, 5.41) is 11.8. The highest BCUT2D eigenvalue weighted by Crippen LogP contribution is 2.15. The minimum atomic E-state index is -0.501. The lowest BCUT2D eigenvalue weighted by atomic mass is 10.1. The predicted molar refractivity (Wildman–Crippen MR) is 68.7 cm³/mol. The summed E-state index contributed by atoms with van der Waals surface area (Å²) in [5.74, 6) is -0.178. The number of carbonyl (C=O) groups is 2. The molecule has 0 fully saturated rings. The Balaban J connectivity index is 2.51. The van der Waals surface area contributed by atoms with Crippen LogP contribution in [0.2, 0.25) is 0 Å². The number of aldehydes is 1. The van der Waals surface area contributed by atoms with Gasteiger partial charge in [0, 0.05) is 5.92 Å². The first kappa shape index (κ1) is 14.8. The molecule has 102 valence electrons. The lowest BCUT2D eigenvalue weighted by Crippen LogP contribution is -2.41. The number of hydrogen-bond acceptors (Lipinski definition) is 3. The fraction of sp³-hybridized carbons (Fsp3) is 0.769. The fourth-order valence-electron chi connectivity index (χ4n) is 1.91. The lowest BCUT2D eigenvalue weighted by Gasteiger charge is -2.12. The second kappa shape index (κ2) is 6.64. The van der Waals surface area contributed by atoms with Gasteiger partial charge in [-0.25, -0.2) is 4.58 Å². The molecular formula is C13H23N2O3+. The third-order valence-electron chi connectivity index (χ3n) is 3.44. The minimum absolute atomic E-state index is 0.193. The van der Waals surface area contributed by atoms with E-state index in [0.717, 1.165) is 13.0 Å². The van der Waals surface area contributed by atoms with Crippen molar-refractivity contribution >= 4 is 17.9 Å². The molecule has 0 radical (unpaired) electrons. The van der Waals surface area contributed by atoms with Gasteiger partial charge in [-0.2, -0.15) is 0 Å². The highest BCUT2D eigenvalue weighted by Gasteiger charge is 2.39. The van der Waals surface area contributed by atoms with E-state index in [1.54, 1.807) is 6.92 Å². The van der Waals surface area contributed by atoms with Crippen molar-refractivity contribution in [2.24, 2.45) is 11.8 Å². The standard InChI is InChI=1S/C13H22N2O3/c1-4-9(2)12-6-15(12)5-11(8-17)13(18)14-10(3)7-16/h7,9-11,17H,4-6,8H2,1-3H3/p+1/t9?,10-,11+/m0/s1. The quantitative estimate of drug-likeness (QED) is 0.466. The van der Waals surface area contributed by atoms with Gasteiger partial charge in [-0.05, 0) is 13.3 Å². The molecule has 5 heteroatoms. The van der Waals surface area contributed by atoms with Crippen LogP contribution in [-0.2, 0) is 9.59 Å². The molecule has 0 aromatic rings. The molecule has 1 rings (SSSR count). The van der Waals surface area contributed by atoms with Gasteiger partial charge in [0.1, 0.15) is 12.2 Å². The van der Waals surface area contributed by atoms with Crippen molar-refractivity contribution in [3.63, 3.8) is 0 Å². The molecule has 0 saturated heterocycles.